The largest absolute Gasteiger partial charge is 0.375 e. The normalized spacial score (nSPS) is 21.4. The van der Waals surface area contributed by atoms with Crippen LogP contribution in [0.15, 0.2) is 18.3 Å². The second-order valence-electron chi connectivity index (χ2n) is 5.27. The highest BCUT2D eigenvalue weighted by atomic mass is 19.1. The number of carbonyl (C=O) groups is 1. The van der Waals surface area contributed by atoms with Gasteiger partial charge in [-0.25, -0.2) is 4.98 Å². The van der Waals surface area contributed by atoms with Crippen molar-refractivity contribution in [1.82, 2.24) is 10.3 Å². The van der Waals surface area contributed by atoms with Crippen molar-refractivity contribution in [2.75, 3.05) is 6.61 Å². The molecular formula is C15H21FN2O2. The lowest BCUT2D eigenvalue weighted by atomic mass is 9.86. The van der Waals surface area contributed by atoms with E-state index in [1.165, 1.54) is 12.3 Å². The van der Waals surface area contributed by atoms with Crippen molar-refractivity contribution in [3.63, 3.8) is 0 Å². The number of carbonyl (C=O) groups excluding carboxylic acids is 1. The third-order valence-corrected chi connectivity index (χ3v) is 4.11. The van der Waals surface area contributed by atoms with Crippen LogP contribution < -0.4 is 5.32 Å². The molecule has 0 radical (unpaired) electrons. The second-order valence-corrected chi connectivity index (χ2v) is 5.27. The number of hydrogen-bond acceptors (Lipinski definition) is 3. The van der Waals surface area contributed by atoms with Gasteiger partial charge < -0.3 is 10.1 Å². The molecule has 2 rings (SSSR count). The van der Waals surface area contributed by atoms with E-state index in [0.29, 0.717) is 12.2 Å². The molecule has 1 aliphatic heterocycles. The number of nitrogens with zero attached hydrogens (tertiary/aromatic N) is 1. The lowest BCUT2D eigenvalue weighted by Gasteiger charge is -2.40. The molecular weight excluding hydrogens is 259 g/mol. The zero-order valence-corrected chi connectivity index (χ0v) is 12.0. The van der Waals surface area contributed by atoms with Crippen LogP contribution >= 0.6 is 0 Å². The van der Waals surface area contributed by atoms with Crippen LogP contribution in [0.4, 0.5) is 4.39 Å². The third-order valence-electron chi connectivity index (χ3n) is 4.11. The summed E-state index contributed by atoms with van der Waals surface area (Å²) in [6.07, 6.45) is 4.76. The Kier molecular flexibility index (Phi) is 4.70. The summed E-state index contributed by atoms with van der Waals surface area (Å²) in [5, 5.41) is 2.97. The van der Waals surface area contributed by atoms with Gasteiger partial charge in [-0.15, -0.1) is 0 Å². The lowest BCUT2D eigenvalue weighted by Crippen LogP contribution is -2.48. The first kappa shape index (κ1) is 14.9. The maximum atomic E-state index is 13.0. The molecule has 1 saturated heterocycles. The number of rotatable bonds is 4. The summed E-state index contributed by atoms with van der Waals surface area (Å²) in [5.74, 6) is -0.889. The van der Waals surface area contributed by atoms with Gasteiger partial charge in [0.1, 0.15) is 0 Å². The van der Waals surface area contributed by atoms with E-state index in [9.17, 15) is 9.18 Å². The number of pyridine rings is 1. The van der Waals surface area contributed by atoms with Gasteiger partial charge in [0, 0.05) is 30.5 Å². The predicted molar refractivity (Wildman–Crippen MR) is 73.9 cm³/mol. The Balaban J connectivity index is 2.01. The second kappa shape index (κ2) is 6.31. The summed E-state index contributed by atoms with van der Waals surface area (Å²) in [5.41, 5.74) is 0.169. The Labute approximate surface area is 118 Å². The zero-order valence-electron chi connectivity index (χ0n) is 12.0. The van der Waals surface area contributed by atoms with Crippen LogP contribution in [-0.4, -0.2) is 29.1 Å². The number of ether oxygens (including phenoxy) is 1. The van der Waals surface area contributed by atoms with Crippen molar-refractivity contribution in [3.8, 4) is 0 Å². The molecule has 1 aromatic rings. The predicted octanol–water partition coefficient (Wildman–Crippen LogP) is 2.69. The third kappa shape index (κ3) is 3.33. The Morgan fingerprint density at radius 1 is 1.55 bits per heavy atom. The van der Waals surface area contributed by atoms with Crippen LogP contribution in [0.25, 0.3) is 0 Å². The van der Waals surface area contributed by atoms with Crippen LogP contribution in [-0.2, 0) is 4.74 Å². The molecule has 1 atom stereocenters. The number of halogens is 1. The quantitative estimate of drug-likeness (QED) is 0.863. The SMILES string of the molecule is CCC1(CC)CC(NC(=O)c2ccnc(F)c2)CCO1. The molecule has 1 aliphatic rings. The molecule has 0 aromatic carbocycles. The first-order chi connectivity index (χ1) is 9.58. The molecule has 110 valence electrons. The highest BCUT2D eigenvalue weighted by Crippen LogP contribution is 2.31. The molecule has 1 unspecified atom stereocenters. The first-order valence-electron chi connectivity index (χ1n) is 7.15. The number of aromatic nitrogens is 1. The van der Waals surface area contributed by atoms with Gasteiger partial charge in [-0.1, -0.05) is 13.8 Å². The average molecular weight is 280 g/mol. The summed E-state index contributed by atoms with van der Waals surface area (Å²) >= 11 is 0. The van der Waals surface area contributed by atoms with E-state index < -0.39 is 5.95 Å². The molecule has 20 heavy (non-hydrogen) atoms. The number of amides is 1. The van der Waals surface area contributed by atoms with Gasteiger partial charge in [0.15, 0.2) is 0 Å². The minimum absolute atomic E-state index is 0.0763. The highest BCUT2D eigenvalue weighted by Gasteiger charge is 2.35. The van der Waals surface area contributed by atoms with Gasteiger partial charge in [0.25, 0.3) is 5.91 Å². The van der Waals surface area contributed by atoms with E-state index in [0.717, 1.165) is 31.7 Å². The zero-order chi connectivity index (χ0) is 14.6. The van der Waals surface area contributed by atoms with Crippen LogP contribution in [0, 0.1) is 5.95 Å². The standard InChI is InChI=1S/C15H21FN2O2/c1-3-15(4-2)10-12(6-8-20-15)18-14(19)11-5-7-17-13(16)9-11/h5,7,9,12H,3-4,6,8,10H2,1-2H3,(H,18,19). The molecule has 0 aliphatic carbocycles. The maximum Gasteiger partial charge on any atom is 0.251 e. The monoisotopic (exact) mass is 280 g/mol. The first-order valence-corrected chi connectivity index (χ1v) is 7.15. The Morgan fingerprint density at radius 3 is 2.95 bits per heavy atom. The molecule has 0 bridgehead atoms. The van der Waals surface area contributed by atoms with Crippen LogP contribution in [0.2, 0.25) is 0 Å². The van der Waals surface area contributed by atoms with E-state index in [2.05, 4.69) is 24.1 Å². The molecule has 2 heterocycles. The van der Waals surface area contributed by atoms with Crippen LogP contribution in [0.3, 0.4) is 0 Å². The summed E-state index contributed by atoms with van der Waals surface area (Å²) < 4.78 is 18.9. The van der Waals surface area contributed by atoms with Gasteiger partial charge in [0.05, 0.1) is 5.60 Å². The van der Waals surface area contributed by atoms with E-state index in [-0.39, 0.29) is 17.6 Å². The smallest absolute Gasteiger partial charge is 0.251 e. The van der Waals surface area contributed by atoms with Gasteiger partial charge in [-0.3, -0.25) is 4.79 Å². The Bertz CT molecular complexity index is 475. The molecule has 1 fully saturated rings. The minimum atomic E-state index is -0.638. The molecule has 5 heteroatoms. The van der Waals surface area contributed by atoms with Gasteiger partial charge in [-0.2, -0.15) is 4.39 Å². The van der Waals surface area contributed by atoms with Gasteiger partial charge in [-0.05, 0) is 31.7 Å². The summed E-state index contributed by atoms with van der Waals surface area (Å²) in [6.45, 7) is 4.86. The van der Waals surface area contributed by atoms with Crippen molar-refractivity contribution in [1.29, 1.82) is 0 Å². The van der Waals surface area contributed by atoms with Crippen molar-refractivity contribution in [2.24, 2.45) is 0 Å². The van der Waals surface area contributed by atoms with Crippen LogP contribution in [0.5, 0.6) is 0 Å². The molecule has 1 aromatic heterocycles. The molecule has 0 spiro atoms. The topological polar surface area (TPSA) is 51.2 Å². The van der Waals surface area contributed by atoms with Gasteiger partial charge in [0.2, 0.25) is 5.95 Å². The van der Waals surface area contributed by atoms with E-state index >= 15 is 0 Å². The molecule has 1 N–H and O–H groups in total. The Morgan fingerprint density at radius 2 is 2.30 bits per heavy atom. The van der Waals surface area contributed by atoms with Crippen LogP contribution in [0.1, 0.15) is 49.9 Å². The Hall–Kier alpha value is -1.49. The molecule has 4 nitrogen and oxygen atoms in total. The van der Waals surface area contributed by atoms with Gasteiger partial charge >= 0.3 is 0 Å². The van der Waals surface area contributed by atoms with E-state index in [1.54, 1.807) is 0 Å². The fourth-order valence-corrected chi connectivity index (χ4v) is 2.71. The summed E-state index contributed by atoms with van der Waals surface area (Å²) in [4.78, 5) is 15.6. The minimum Gasteiger partial charge on any atom is -0.375 e. The van der Waals surface area contributed by atoms with Crippen molar-refractivity contribution in [3.05, 3.63) is 29.8 Å². The number of nitrogens with one attached hydrogen (secondary N) is 1. The van der Waals surface area contributed by atoms with Crippen molar-refractivity contribution < 1.29 is 13.9 Å². The number of hydrogen-bond donors (Lipinski definition) is 1. The fraction of sp³-hybridized carbons (Fsp3) is 0.600. The summed E-state index contributed by atoms with van der Waals surface area (Å²) in [7, 11) is 0. The highest BCUT2D eigenvalue weighted by molar-refractivity contribution is 5.94. The molecule has 0 saturated carbocycles. The lowest BCUT2D eigenvalue weighted by molar-refractivity contribution is -0.0917. The maximum absolute atomic E-state index is 13.0. The fourth-order valence-electron chi connectivity index (χ4n) is 2.71. The van der Waals surface area contributed by atoms with Crippen molar-refractivity contribution in [2.45, 2.75) is 51.2 Å². The average Bonchev–Trinajstić information content (AvgIpc) is 2.47. The van der Waals surface area contributed by atoms with E-state index in [4.69, 9.17) is 4.74 Å². The van der Waals surface area contributed by atoms with E-state index in [1.807, 2.05) is 0 Å². The summed E-state index contributed by atoms with van der Waals surface area (Å²) in [6, 6.07) is 2.75. The van der Waals surface area contributed by atoms with Crippen molar-refractivity contribution >= 4 is 5.91 Å². The molecule has 1 amide bonds.